The lowest BCUT2D eigenvalue weighted by Gasteiger charge is -2.13. The Bertz CT molecular complexity index is 594. The highest BCUT2D eigenvalue weighted by atomic mass is 16.5. The molecule has 0 aliphatic heterocycles. The van der Waals surface area contributed by atoms with E-state index >= 15 is 0 Å². The summed E-state index contributed by atoms with van der Waals surface area (Å²) in [7, 11) is 1.90. The minimum Gasteiger partial charge on any atom is -0.487 e. The summed E-state index contributed by atoms with van der Waals surface area (Å²) in [5.74, 6) is -0.199. The van der Waals surface area contributed by atoms with E-state index in [9.17, 15) is 4.79 Å². The Morgan fingerprint density at radius 3 is 2.47 bits per heavy atom. The van der Waals surface area contributed by atoms with Crippen LogP contribution in [0, 0.1) is 13.8 Å². The number of carboxylic acids is 1. The van der Waals surface area contributed by atoms with E-state index in [1.165, 1.54) is 0 Å². The molecule has 1 aromatic carbocycles. The summed E-state index contributed by atoms with van der Waals surface area (Å²) in [6, 6.07) is 3.24. The van der Waals surface area contributed by atoms with Gasteiger partial charge in [-0.05, 0) is 37.1 Å². The van der Waals surface area contributed by atoms with Gasteiger partial charge in [-0.25, -0.2) is 9.78 Å². The smallest absolute Gasteiger partial charge is 0.335 e. The maximum Gasteiger partial charge on any atom is 0.335 e. The van der Waals surface area contributed by atoms with Crippen molar-refractivity contribution in [1.82, 2.24) is 9.55 Å². The van der Waals surface area contributed by atoms with Gasteiger partial charge in [0.05, 0.1) is 23.8 Å². The van der Waals surface area contributed by atoms with Crippen LogP contribution in [0.2, 0.25) is 0 Å². The Morgan fingerprint density at radius 2 is 2.00 bits per heavy atom. The van der Waals surface area contributed by atoms with Crippen molar-refractivity contribution in [3.8, 4) is 5.75 Å². The van der Waals surface area contributed by atoms with Crippen molar-refractivity contribution in [2.45, 2.75) is 20.5 Å². The Morgan fingerprint density at radius 1 is 1.37 bits per heavy atom. The van der Waals surface area contributed by atoms with E-state index < -0.39 is 5.97 Å². The number of carbonyl (C=O) groups is 1. The summed E-state index contributed by atoms with van der Waals surface area (Å²) in [5.41, 5.74) is 2.88. The molecule has 0 saturated carbocycles. The zero-order chi connectivity index (χ0) is 14.0. The van der Waals surface area contributed by atoms with Crippen molar-refractivity contribution in [2.75, 3.05) is 0 Å². The largest absolute Gasteiger partial charge is 0.487 e. The van der Waals surface area contributed by atoms with Crippen molar-refractivity contribution in [3.63, 3.8) is 0 Å². The van der Waals surface area contributed by atoms with E-state index in [2.05, 4.69) is 4.98 Å². The van der Waals surface area contributed by atoms with Gasteiger partial charge in [-0.2, -0.15) is 0 Å². The van der Waals surface area contributed by atoms with E-state index in [0.29, 0.717) is 6.61 Å². The van der Waals surface area contributed by atoms with Crippen molar-refractivity contribution in [1.29, 1.82) is 0 Å². The van der Waals surface area contributed by atoms with Gasteiger partial charge in [0, 0.05) is 7.05 Å². The molecule has 0 aliphatic carbocycles. The Kier molecular flexibility index (Phi) is 3.55. The topological polar surface area (TPSA) is 64.3 Å². The van der Waals surface area contributed by atoms with Gasteiger partial charge in [0.1, 0.15) is 12.4 Å². The third-order valence-electron chi connectivity index (χ3n) is 2.99. The Labute approximate surface area is 111 Å². The highest BCUT2D eigenvalue weighted by Crippen LogP contribution is 2.25. The van der Waals surface area contributed by atoms with E-state index in [0.717, 1.165) is 22.6 Å². The molecule has 1 aromatic heterocycles. The summed E-state index contributed by atoms with van der Waals surface area (Å²) < 4.78 is 7.66. The van der Waals surface area contributed by atoms with E-state index in [-0.39, 0.29) is 5.56 Å². The number of ether oxygens (including phenoxy) is 1. The molecule has 2 aromatic rings. The first-order chi connectivity index (χ1) is 8.99. The van der Waals surface area contributed by atoms with Crippen molar-refractivity contribution < 1.29 is 14.6 Å². The first-order valence-electron chi connectivity index (χ1n) is 5.91. The van der Waals surface area contributed by atoms with Gasteiger partial charge in [-0.15, -0.1) is 0 Å². The van der Waals surface area contributed by atoms with Gasteiger partial charge in [-0.3, -0.25) is 0 Å². The lowest BCUT2D eigenvalue weighted by Crippen LogP contribution is -2.05. The van der Waals surface area contributed by atoms with Crippen LogP contribution in [0.25, 0.3) is 0 Å². The second kappa shape index (κ2) is 5.14. The van der Waals surface area contributed by atoms with Crippen LogP contribution < -0.4 is 4.74 Å². The summed E-state index contributed by atoms with van der Waals surface area (Å²) >= 11 is 0. The van der Waals surface area contributed by atoms with Crippen LogP contribution in [0.4, 0.5) is 0 Å². The number of nitrogens with zero attached hydrogens (tertiary/aromatic N) is 2. The van der Waals surface area contributed by atoms with Crippen LogP contribution in [0.1, 0.15) is 27.2 Å². The van der Waals surface area contributed by atoms with Crippen molar-refractivity contribution in [2.24, 2.45) is 7.05 Å². The van der Waals surface area contributed by atoms with Crippen molar-refractivity contribution >= 4 is 5.97 Å². The third kappa shape index (κ3) is 2.76. The number of benzene rings is 1. The Balaban J connectivity index is 2.21. The lowest BCUT2D eigenvalue weighted by molar-refractivity contribution is 0.0696. The molecule has 0 unspecified atom stereocenters. The molecule has 2 rings (SSSR count). The fourth-order valence-corrected chi connectivity index (χ4v) is 1.97. The van der Waals surface area contributed by atoms with Gasteiger partial charge in [-0.1, -0.05) is 0 Å². The molecule has 19 heavy (non-hydrogen) atoms. The average Bonchev–Trinajstić information content (AvgIpc) is 2.73. The number of carboxylic acid groups (broad SMARTS) is 1. The molecule has 0 saturated heterocycles. The normalized spacial score (nSPS) is 10.5. The molecular formula is C14H16N2O3. The summed E-state index contributed by atoms with van der Waals surface area (Å²) in [4.78, 5) is 15.0. The van der Waals surface area contributed by atoms with Crippen LogP contribution in [-0.4, -0.2) is 20.6 Å². The number of aryl methyl sites for hydroxylation is 3. The molecule has 0 bridgehead atoms. The maximum absolute atomic E-state index is 11.0. The predicted molar refractivity (Wildman–Crippen MR) is 70.4 cm³/mol. The molecule has 0 atom stereocenters. The maximum atomic E-state index is 11.0. The van der Waals surface area contributed by atoms with Gasteiger partial charge < -0.3 is 14.4 Å². The third-order valence-corrected chi connectivity index (χ3v) is 2.99. The number of hydrogen-bond acceptors (Lipinski definition) is 3. The average molecular weight is 260 g/mol. The molecule has 0 radical (unpaired) electrons. The quantitative estimate of drug-likeness (QED) is 0.916. The predicted octanol–water partition coefficient (Wildman–Crippen LogP) is 2.31. The Hall–Kier alpha value is -2.30. The summed E-state index contributed by atoms with van der Waals surface area (Å²) in [6.07, 6.45) is 3.46. The fraction of sp³-hybridized carbons (Fsp3) is 0.286. The van der Waals surface area contributed by atoms with Crippen molar-refractivity contribution in [3.05, 3.63) is 47.0 Å². The lowest BCUT2D eigenvalue weighted by atomic mass is 10.1. The second-order valence-corrected chi connectivity index (χ2v) is 4.53. The van der Waals surface area contributed by atoms with Crippen LogP contribution in [0.15, 0.2) is 24.7 Å². The zero-order valence-corrected chi connectivity index (χ0v) is 11.2. The standard InChI is InChI=1S/C14H16N2O3/c1-9-4-11(14(17)18)5-10(2)13(9)19-7-12-6-15-8-16(12)3/h4-6,8H,7H2,1-3H3,(H,17,18). The van der Waals surface area contributed by atoms with Crippen LogP contribution >= 0.6 is 0 Å². The number of rotatable bonds is 4. The van der Waals surface area contributed by atoms with Gasteiger partial charge in [0.15, 0.2) is 0 Å². The second-order valence-electron chi connectivity index (χ2n) is 4.53. The van der Waals surface area contributed by atoms with Crippen LogP contribution in [0.3, 0.4) is 0 Å². The van der Waals surface area contributed by atoms with E-state index in [4.69, 9.17) is 9.84 Å². The monoisotopic (exact) mass is 260 g/mol. The van der Waals surface area contributed by atoms with Crippen LogP contribution in [0.5, 0.6) is 5.75 Å². The fourth-order valence-electron chi connectivity index (χ4n) is 1.97. The van der Waals surface area contributed by atoms with Gasteiger partial charge >= 0.3 is 5.97 Å². The molecule has 0 fully saturated rings. The summed E-state index contributed by atoms with van der Waals surface area (Å²) in [6.45, 7) is 4.10. The molecule has 1 N–H and O–H groups in total. The van der Waals surface area contributed by atoms with Gasteiger partial charge in [0.2, 0.25) is 0 Å². The first-order valence-corrected chi connectivity index (χ1v) is 5.91. The van der Waals surface area contributed by atoms with E-state index in [1.807, 2.05) is 25.5 Å². The number of imidazole rings is 1. The first kappa shape index (κ1) is 13.1. The van der Waals surface area contributed by atoms with Gasteiger partial charge in [0.25, 0.3) is 0 Å². The summed E-state index contributed by atoms with van der Waals surface area (Å²) in [5, 5.41) is 8.99. The zero-order valence-electron chi connectivity index (χ0n) is 11.2. The minimum atomic E-state index is -0.926. The van der Waals surface area contributed by atoms with E-state index in [1.54, 1.807) is 24.7 Å². The number of aromatic carboxylic acids is 1. The molecule has 0 amide bonds. The molecule has 5 nitrogen and oxygen atoms in total. The number of hydrogen-bond donors (Lipinski definition) is 1. The molecular weight excluding hydrogens is 244 g/mol. The molecule has 1 heterocycles. The molecule has 0 aliphatic rings. The van der Waals surface area contributed by atoms with Crippen LogP contribution in [-0.2, 0) is 13.7 Å². The highest BCUT2D eigenvalue weighted by molar-refractivity contribution is 5.88. The molecule has 5 heteroatoms. The number of aromatic nitrogens is 2. The molecule has 0 spiro atoms. The molecule has 100 valence electrons. The SMILES string of the molecule is Cc1cc(C(=O)O)cc(C)c1OCc1cncn1C. The minimum absolute atomic E-state index is 0.280. The highest BCUT2D eigenvalue weighted by Gasteiger charge is 2.11.